The minimum absolute atomic E-state index is 0.171. The van der Waals surface area contributed by atoms with Crippen molar-refractivity contribution < 1.29 is 9.59 Å². The van der Waals surface area contributed by atoms with Crippen molar-refractivity contribution in [2.24, 2.45) is 0 Å². The number of aromatic amines is 1. The Morgan fingerprint density at radius 3 is 2.71 bits per heavy atom. The molecule has 0 bridgehead atoms. The molecule has 35 heavy (non-hydrogen) atoms. The standard InChI is InChI=1S/C26H23BrN6O2/c1-15-22(30-16(2)23(15)26(35)28-10-12-33-13-11-29-32-33)14-20-24-19(17-6-8-18(27)9-7-17)4-3-5-21(24)31-25(20)34/h3-9,11,13-14,30H,10,12H2,1-2H3,(H,28,35)(H,31,34). The number of carbonyl (C=O) groups excluding carboxylic acids is 2. The van der Waals surface area contributed by atoms with Crippen LogP contribution in [-0.2, 0) is 11.3 Å². The zero-order valence-electron chi connectivity index (χ0n) is 19.2. The maximum atomic E-state index is 13.0. The number of H-pyrrole nitrogens is 1. The second kappa shape index (κ2) is 9.34. The summed E-state index contributed by atoms with van der Waals surface area (Å²) in [6.07, 6.45) is 5.18. The maximum absolute atomic E-state index is 13.0. The fourth-order valence-electron chi connectivity index (χ4n) is 4.39. The lowest BCUT2D eigenvalue weighted by molar-refractivity contribution is -0.110. The molecule has 176 valence electrons. The topological polar surface area (TPSA) is 105 Å². The van der Waals surface area contributed by atoms with E-state index < -0.39 is 0 Å². The molecule has 0 radical (unpaired) electrons. The normalized spacial score (nSPS) is 13.7. The molecule has 3 heterocycles. The number of aryl methyl sites for hydroxylation is 1. The van der Waals surface area contributed by atoms with Gasteiger partial charge in [0.15, 0.2) is 0 Å². The van der Waals surface area contributed by atoms with Crippen molar-refractivity contribution in [1.29, 1.82) is 0 Å². The number of anilines is 1. The van der Waals surface area contributed by atoms with E-state index in [-0.39, 0.29) is 11.8 Å². The molecule has 8 nitrogen and oxygen atoms in total. The zero-order valence-corrected chi connectivity index (χ0v) is 20.8. The van der Waals surface area contributed by atoms with E-state index in [1.807, 2.05) is 62.4 Å². The Morgan fingerprint density at radius 2 is 1.97 bits per heavy atom. The Balaban J connectivity index is 1.47. The fourth-order valence-corrected chi connectivity index (χ4v) is 4.65. The number of amides is 2. The van der Waals surface area contributed by atoms with Crippen molar-refractivity contribution >= 4 is 45.1 Å². The van der Waals surface area contributed by atoms with Gasteiger partial charge in [0.1, 0.15) is 0 Å². The van der Waals surface area contributed by atoms with E-state index in [0.717, 1.165) is 43.8 Å². The SMILES string of the molecule is Cc1[nH]c(C=C2C(=O)Nc3cccc(-c4ccc(Br)cc4)c32)c(C)c1C(=O)NCCn1ccnn1. The molecule has 2 aromatic heterocycles. The summed E-state index contributed by atoms with van der Waals surface area (Å²) < 4.78 is 2.65. The summed E-state index contributed by atoms with van der Waals surface area (Å²) in [4.78, 5) is 29.2. The molecule has 0 aliphatic carbocycles. The summed E-state index contributed by atoms with van der Waals surface area (Å²) in [6, 6.07) is 13.8. The van der Waals surface area contributed by atoms with E-state index in [2.05, 4.69) is 41.9 Å². The average Bonchev–Trinajstić information content (AvgIpc) is 3.53. The van der Waals surface area contributed by atoms with Gasteiger partial charge in [-0.05, 0) is 54.8 Å². The maximum Gasteiger partial charge on any atom is 0.256 e. The van der Waals surface area contributed by atoms with Crippen LogP contribution >= 0.6 is 15.9 Å². The quantitative estimate of drug-likeness (QED) is 0.317. The van der Waals surface area contributed by atoms with Crippen LogP contribution < -0.4 is 10.6 Å². The predicted molar refractivity (Wildman–Crippen MR) is 139 cm³/mol. The van der Waals surface area contributed by atoms with Crippen molar-refractivity contribution in [2.75, 3.05) is 11.9 Å². The van der Waals surface area contributed by atoms with Crippen LogP contribution in [-0.4, -0.2) is 38.3 Å². The Hall–Kier alpha value is -3.98. The summed E-state index contributed by atoms with van der Waals surface area (Å²) in [5.41, 5.74) is 7.00. The van der Waals surface area contributed by atoms with Gasteiger partial charge in [-0.3, -0.25) is 14.3 Å². The monoisotopic (exact) mass is 530 g/mol. The van der Waals surface area contributed by atoms with Crippen molar-refractivity contribution in [3.05, 3.63) is 87.4 Å². The Bertz CT molecular complexity index is 1450. The highest BCUT2D eigenvalue weighted by atomic mass is 79.9. The van der Waals surface area contributed by atoms with Crippen LogP contribution in [0.5, 0.6) is 0 Å². The second-order valence-electron chi connectivity index (χ2n) is 8.33. The van der Waals surface area contributed by atoms with E-state index in [4.69, 9.17) is 0 Å². The van der Waals surface area contributed by atoms with E-state index in [1.165, 1.54) is 0 Å². The third-order valence-corrected chi connectivity index (χ3v) is 6.60. The van der Waals surface area contributed by atoms with E-state index >= 15 is 0 Å². The summed E-state index contributed by atoms with van der Waals surface area (Å²) in [5, 5.41) is 13.6. The van der Waals surface area contributed by atoms with Crippen LogP contribution in [0.25, 0.3) is 22.8 Å². The molecule has 9 heteroatoms. The molecule has 2 amide bonds. The molecule has 0 atom stereocenters. The van der Waals surface area contributed by atoms with Gasteiger partial charge in [-0.1, -0.05) is 45.4 Å². The lowest BCUT2D eigenvalue weighted by Crippen LogP contribution is -2.28. The molecule has 0 unspecified atom stereocenters. The number of halogens is 1. The van der Waals surface area contributed by atoms with Crippen molar-refractivity contribution in [3.8, 4) is 11.1 Å². The number of rotatable bonds is 6. The molecule has 5 rings (SSSR count). The van der Waals surface area contributed by atoms with E-state index in [1.54, 1.807) is 17.1 Å². The highest BCUT2D eigenvalue weighted by Crippen LogP contribution is 2.41. The van der Waals surface area contributed by atoms with Gasteiger partial charge in [-0.2, -0.15) is 0 Å². The lowest BCUT2D eigenvalue weighted by Gasteiger charge is -2.09. The van der Waals surface area contributed by atoms with Gasteiger partial charge in [0.2, 0.25) is 0 Å². The van der Waals surface area contributed by atoms with Gasteiger partial charge >= 0.3 is 0 Å². The van der Waals surface area contributed by atoms with Gasteiger partial charge in [-0.15, -0.1) is 5.10 Å². The predicted octanol–water partition coefficient (Wildman–Crippen LogP) is 4.58. The molecule has 0 saturated carbocycles. The number of aromatic nitrogens is 4. The Labute approximate surface area is 210 Å². The lowest BCUT2D eigenvalue weighted by atomic mass is 9.94. The second-order valence-corrected chi connectivity index (χ2v) is 9.25. The summed E-state index contributed by atoms with van der Waals surface area (Å²) >= 11 is 3.48. The van der Waals surface area contributed by atoms with E-state index in [0.29, 0.717) is 24.2 Å². The number of hydrogen-bond donors (Lipinski definition) is 3. The zero-order chi connectivity index (χ0) is 24.5. The minimum atomic E-state index is -0.173. The largest absolute Gasteiger partial charge is 0.358 e. The molecule has 3 N–H and O–H groups in total. The van der Waals surface area contributed by atoms with Crippen LogP contribution in [0.4, 0.5) is 5.69 Å². The summed E-state index contributed by atoms with van der Waals surface area (Å²) in [7, 11) is 0. The number of nitrogens with zero attached hydrogens (tertiary/aromatic N) is 3. The first-order valence-electron chi connectivity index (χ1n) is 11.2. The molecule has 2 aromatic carbocycles. The Morgan fingerprint density at radius 1 is 1.17 bits per heavy atom. The van der Waals surface area contributed by atoms with Crippen LogP contribution in [0.1, 0.15) is 32.9 Å². The van der Waals surface area contributed by atoms with Crippen molar-refractivity contribution in [1.82, 2.24) is 25.3 Å². The van der Waals surface area contributed by atoms with Gasteiger partial charge < -0.3 is 15.6 Å². The van der Waals surface area contributed by atoms with Gasteiger partial charge in [0.25, 0.3) is 11.8 Å². The number of fused-ring (bicyclic) bond motifs is 1. The number of benzene rings is 2. The number of nitrogens with one attached hydrogen (secondary N) is 3. The molecule has 1 aliphatic rings. The summed E-state index contributed by atoms with van der Waals surface area (Å²) in [5.74, 6) is -0.345. The van der Waals surface area contributed by atoms with Crippen molar-refractivity contribution in [2.45, 2.75) is 20.4 Å². The van der Waals surface area contributed by atoms with E-state index in [9.17, 15) is 9.59 Å². The Kier molecular flexibility index (Phi) is 6.08. The molecule has 4 aromatic rings. The average molecular weight is 531 g/mol. The first-order valence-corrected chi connectivity index (χ1v) is 12.0. The third kappa shape index (κ3) is 4.42. The third-order valence-electron chi connectivity index (χ3n) is 6.07. The first-order chi connectivity index (χ1) is 16.9. The smallest absolute Gasteiger partial charge is 0.256 e. The molecular weight excluding hydrogens is 508 g/mol. The van der Waals surface area contributed by atoms with Crippen LogP contribution in [0, 0.1) is 13.8 Å². The highest BCUT2D eigenvalue weighted by molar-refractivity contribution is 9.10. The first kappa shape index (κ1) is 22.8. The number of hydrogen-bond acceptors (Lipinski definition) is 4. The molecule has 0 spiro atoms. The minimum Gasteiger partial charge on any atom is -0.358 e. The van der Waals surface area contributed by atoms with Gasteiger partial charge in [0.05, 0.1) is 23.9 Å². The van der Waals surface area contributed by atoms with Crippen LogP contribution in [0.15, 0.2) is 59.3 Å². The van der Waals surface area contributed by atoms with Crippen LogP contribution in [0.3, 0.4) is 0 Å². The van der Waals surface area contributed by atoms with Gasteiger partial charge in [-0.25, -0.2) is 0 Å². The number of carbonyl (C=O) groups is 2. The van der Waals surface area contributed by atoms with Crippen LogP contribution in [0.2, 0.25) is 0 Å². The molecule has 0 saturated heterocycles. The molecular formula is C26H23BrN6O2. The van der Waals surface area contributed by atoms with Gasteiger partial charge in [0, 0.05) is 39.9 Å². The molecule has 0 fully saturated rings. The highest BCUT2D eigenvalue weighted by Gasteiger charge is 2.28. The fraction of sp³-hybridized carbons (Fsp3) is 0.154. The molecule has 1 aliphatic heterocycles. The van der Waals surface area contributed by atoms with Crippen molar-refractivity contribution in [3.63, 3.8) is 0 Å². The summed E-state index contributed by atoms with van der Waals surface area (Å²) in [6.45, 7) is 4.70.